The Balaban J connectivity index is 2.01. The Labute approximate surface area is 125 Å². The third-order valence-corrected chi connectivity index (χ3v) is 4.65. The molecule has 1 fully saturated rings. The zero-order chi connectivity index (χ0) is 13.1. The minimum absolute atomic E-state index is 0.138. The molecule has 0 unspecified atom stereocenters. The van der Waals surface area contributed by atoms with Gasteiger partial charge < -0.3 is 5.32 Å². The summed E-state index contributed by atoms with van der Waals surface area (Å²) >= 11 is 15.5. The van der Waals surface area contributed by atoms with Crippen molar-refractivity contribution in [1.29, 1.82) is 0 Å². The van der Waals surface area contributed by atoms with Gasteiger partial charge in [0.25, 0.3) is 5.91 Å². The van der Waals surface area contributed by atoms with E-state index in [2.05, 4.69) is 21.2 Å². The lowest BCUT2D eigenvalue weighted by Gasteiger charge is -2.26. The average Bonchev–Trinajstić information content (AvgIpc) is 2.35. The van der Waals surface area contributed by atoms with Gasteiger partial charge in [0.1, 0.15) is 0 Å². The molecule has 5 heteroatoms. The molecule has 1 aromatic carbocycles. The third-order valence-electron chi connectivity index (χ3n) is 3.16. The molecular weight excluding hydrogens is 337 g/mol. The van der Waals surface area contributed by atoms with E-state index >= 15 is 0 Å². The lowest BCUT2D eigenvalue weighted by molar-refractivity contribution is 0.0928. The molecule has 0 spiro atoms. The molecule has 1 aromatic rings. The molecule has 98 valence electrons. The molecule has 0 atom stereocenters. The van der Waals surface area contributed by atoms with Gasteiger partial charge >= 0.3 is 0 Å². The number of amides is 1. The highest BCUT2D eigenvalue weighted by molar-refractivity contribution is 9.09. The highest BCUT2D eigenvalue weighted by Gasteiger charge is 2.22. The average molecular weight is 351 g/mol. The van der Waals surface area contributed by atoms with Crippen molar-refractivity contribution in [3.63, 3.8) is 0 Å². The summed E-state index contributed by atoms with van der Waals surface area (Å²) in [6.07, 6.45) is 4.18. The van der Waals surface area contributed by atoms with Crippen LogP contribution in [-0.4, -0.2) is 16.8 Å². The van der Waals surface area contributed by atoms with Gasteiger partial charge in [-0.2, -0.15) is 0 Å². The van der Waals surface area contributed by atoms with Crippen molar-refractivity contribution in [3.8, 4) is 0 Å². The molecule has 1 N–H and O–H groups in total. The molecule has 0 heterocycles. The molecular formula is C13H14BrCl2NO. The molecule has 1 aliphatic carbocycles. The van der Waals surface area contributed by atoms with Crippen LogP contribution in [0, 0.1) is 0 Å². The summed E-state index contributed by atoms with van der Waals surface area (Å²) < 4.78 is 0. The fraction of sp³-hybridized carbons (Fsp3) is 0.462. The Bertz CT molecular complexity index is 445. The van der Waals surface area contributed by atoms with Gasteiger partial charge in [0.15, 0.2) is 0 Å². The van der Waals surface area contributed by atoms with E-state index in [0.717, 1.165) is 25.7 Å². The van der Waals surface area contributed by atoms with Crippen LogP contribution in [-0.2, 0) is 0 Å². The molecule has 0 aliphatic heterocycles. The van der Waals surface area contributed by atoms with E-state index in [9.17, 15) is 4.79 Å². The summed E-state index contributed by atoms with van der Waals surface area (Å²) in [6.45, 7) is 0. The molecule has 1 aliphatic rings. The Morgan fingerprint density at radius 2 is 1.89 bits per heavy atom. The number of hydrogen-bond acceptors (Lipinski definition) is 1. The summed E-state index contributed by atoms with van der Waals surface area (Å²) in [6, 6.07) is 5.17. The standard InChI is InChI=1S/C13H14BrCl2NO/c14-8-1-4-10(5-2-8)17-13(18)11-7-9(15)3-6-12(11)16/h3,6-8,10H,1-2,4-5H2,(H,17,18). The number of halogens is 3. The van der Waals surface area contributed by atoms with Crippen molar-refractivity contribution in [2.75, 3.05) is 0 Å². The zero-order valence-corrected chi connectivity index (χ0v) is 12.9. The molecule has 0 bridgehead atoms. The van der Waals surface area contributed by atoms with Crippen LogP contribution in [0.25, 0.3) is 0 Å². The highest BCUT2D eigenvalue weighted by atomic mass is 79.9. The lowest BCUT2D eigenvalue weighted by Crippen LogP contribution is -2.37. The maximum Gasteiger partial charge on any atom is 0.253 e. The van der Waals surface area contributed by atoms with Gasteiger partial charge in [-0.15, -0.1) is 0 Å². The topological polar surface area (TPSA) is 29.1 Å². The fourth-order valence-electron chi connectivity index (χ4n) is 2.13. The summed E-state index contributed by atoms with van der Waals surface area (Å²) in [7, 11) is 0. The second-order valence-corrected chi connectivity index (χ2v) is 6.69. The monoisotopic (exact) mass is 349 g/mol. The van der Waals surface area contributed by atoms with Crippen molar-refractivity contribution in [2.24, 2.45) is 0 Å². The van der Waals surface area contributed by atoms with Gasteiger partial charge in [-0.3, -0.25) is 4.79 Å². The van der Waals surface area contributed by atoms with Crippen LogP contribution in [0.1, 0.15) is 36.0 Å². The number of nitrogens with one attached hydrogen (secondary N) is 1. The SMILES string of the molecule is O=C(NC1CCC(Br)CC1)c1cc(Cl)ccc1Cl. The van der Waals surface area contributed by atoms with Crippen molar-refractivity contribution < 1.29 is 4.79 Å². The Hall–Kier alpha value is -0.250. The van der Waals surface area contributed by atoms with Gasteiger partial charge in [-0.25, -0.2) is 0 Å². The van der Waals surface area contributed by atoms with Crippen LogP contribution < -0.4 is 5.32 Å². The number of hydrogen-bond donors (Lipinski definition) is 1. The van der Waals surface area contributed by atoms with Crippen LogP contribution in [0.4, 0.5) is 0 Å². The Kier molecular flexibility index (Phi) is 4.93. The molecule has 2 rings (SSSR count). The third kappa shape index (κ3) is 3.62. The summed E-state index contributed by atoms with van der Waals surface area (Å²) in [5.41, 5.74) is 0.449. The Morgan fingerprint density at radius 3 is 2.56 bits per heavy atom. The van der Waals surface area contributed by atoms with Gasteiger partial charge in [0, 0.05) is 15.9 Å². The molecule has 18 heavy (non-hydrogen) atoms. The van der Waals surface area contributed by atoms with Gasteiger partial charge in [0.05, 0.1) is 10.6 Å². The van der Waals surface area contributed by atoms with Gasteiger partial charge in [0.2, 0.25) is 0 Å². The maximum atomic E-state index is 12.1. The maximum absolute atomic E-state index is 12.1. The number of alkyl halides is 1. The second-order valence-electron chi connectivity index (χ2n) is 4.55. The fourth-order valence-corrected chi connectivity index (χ4v) is 3.04. The summed E-state index contributed by atoms with van der Waals surface area (Å²) in [5, 5.41) is 3.98. The molecule has 2 nitrogen and oxygen atoms in total. The first-order chi connectivity index (χ1) is 8.56. The van der Waals surface area contributed by atoms with Crippen molar-refractivity contribution in [3.05, 3.63) is 33.8 Å². The lowest BCUT2D eigenvalue weighted by atomic mass is 9.95. The minimum Gasteiger partial charge on any atom is -0.349 e. The van der Waals surface area contributed by atoms with Crippen molar-refractivity contribution >= 4 is 45.0 Å². The van der Waals surface area contributed by atoms with E-state index in [1.54, 1.807) is 18.2 Å². The molecule has 1 saturated carbocycles. The Morgan fingerprint density at radius 1 is 1.22 bits per heavy atom. The summed E-state index contributed by atoms with van der Waals surface area (Å²) in [5.74, 6) is -0.138. The molecule has 1 amide bonds. The number of benzene rings is 1. The normalized spacial score (nSPS) is 23.7. The quantitative estimate of drug-likeness (QED) is 0.785. The molecule has 0 saturated heterocycles. The van der Waals surface area contributed by atoms with Crippen LogP contribution in [0.5, 0.6) is 0 Å². The number of rotatable bonds is 2. The van der Waals surface area contributed by atoms with Crippen molar-refractivity contribution in [1.82, 2.24) is 5.32 Å². The van der Waals surface area contributed by atoms with Gasteiger partial charge in [-0.1, -0.05) is 39.1 Å². The minimum atomic E-state index is -0.138. The first kappa shape index (κ1) is 14.2. The van der Waals surface area contributed by atoms with E-state index in [-0.39, 0.29) is 11.9 Å². The summed E-state index contributed by atoms with van der Waals surface area (Å²) in [4.78, 5) is 12.7. The van der Waals surface area contributed by atoms with E-state index < -0.39 is 0 Å². The predicted molar refractivity (Wildman–Crippen MR) is 78.9 cm³/mol. The first-order valence-electron chi connectivity index (χ1n) is 5.96. The van der Waals surface area contributed by atoms with Crippen LogP contribution in [0.2, 0.25) is 10.0 Å². The highest BCUT2D eigenvalue weighted by Crippen LogP contribution is 2.25. The second kappa shape index (κ2) is 6.27. The van der Waals surface area contributed by atoms with Crippen LogP contribution in [0.15, 0.2) is 18.2 Å². The first-order valence-corrected chi connectivity index (χ1v) is 7.63. The molecule has 0 radical (unpaired) electrons. The van der Waals surface area contributed by atoms with E-state index in [1.807, 2.05) is 0 Å². The van der Waals surface area contributed by atoms with E-state index in [4.69, 9.17) is 23.2 Å². The van der Waals surface area contributed by atoms with Crippen LogP contribution >= 0.6 is 39.1 Å². The van der Waals surface area contributed by atoms with Crippen LogP contribution in [0.3, 0.4) is 0 Å². The smallest absolute Gasteiger partial charge is 0.253 e. The number of carbonyl (C=O) groups is 1. The number of carbonyl (C=O) groups excluding carboxylic acids is 1. The zero-order valence-electron chi connectivity index (χ0n) is 9.76. The van der Waals surface area contributed by atoms with E-state index in [0.29, 0.717) is 20.4 Å². The van der Waals surface area contributed by atoms with E-state index in [1.165, 1.54) is 0 Å². The van der Waals surface area contributed by atoms with Crippen molar-refractivity contribution in [2.45, 2.75) is 36.6 Å². The van der Waals surface area contributed by atoms with Gasteiger partial charge in [-0.05, 0) is 43.9 Å². The predicted octanol–water partition coefficient (Wildman–Crippen LogP) is 4.43. The molecule has 0 aromatic heterocycles. The largest absolute Gasteiger partial charge is 0.349 e.